The van der Waals surface area contributed by atoms with Crippen molar-refractivity contribution in [3.63, 3.8) is 0 Å². The average molecular weight is 450 g/mol. The number of aryl methyl sites for hydroxylation is 1. The van der Waals surface area contributed by atoms with Crippen LogP contribution in [0.4, 0.5) is 0 Å². The fraction of sp³-hybridized carbons (Fsp3) is 0.333. The van der Waals surface area contributed by atoms with Gasteiger partial charge >= 0.3 is 5.69 Å². The van der Waals surface area contributed by atoms with Crippen LogP contribution in [0.15, 0.2) is 41.2 Å². The van der Waals surface area contributed by atoms with Crippen molar-refractivity contribution < 1.29 is 4.79 Å². The van der Waals surface area contributed by atoms with Crippen molar-refractivity contribution in [3.05, 3.63) is 74.0 Å². The molecule has 0 aliphatic carbocycles. The van der Waals surface area contributed by atoms with Gasteiger partial charge in [0, 0.05) is 44.3 Å². The van der Waals surface area contributed by atoms with Crippen LogP contribution in [0.1, 0.15) is 40.7 Å². The lowest BCUT2D eigenvalue weighted by Gasteiger charge is -2.27. The van der Waals surface area contributed by atoms with E-state index in [1.807, 2.05) is 32.0 Å². The van der Waals surface area contributed by atoms with E-state index < -0.39 is 0 Å². The summed E-state index contributed by atoms with van der Waals surface area (Å²) in [5.41, 5.74) is 5.43. The Morgan fingerprint density at radius 2 is 2.09 bits per heavy atom. The Labute approximate surface area is 191 Å². The Kier molecular flexibility index (Phi) is 6.34. The first-order valence-corrected chi connectivity index (χ1v) is 11.2. The molecule has 0 saturated heterocycles. The SMILES string of the molecule is CCn1c(=O)[nH]c2cc(CN3CC=C(c4ccc(C(=O)NC)nc4C)CC3)ccc2c1=S. The molecule has 4 rings (SSSR count). The number of nitrogens with zero attached hydrogens (tertiary/aromatic N) is 3. The quantitative estimate of drug-likeness (QED) is 0.583. The molecule has 2 aromatic heterocycles. The van der Waals surface area contributed by atoms with E-state index in [2.05, 4.69) is 32.3 Å². The highest BCUT2D eigenvalue weighted by atomic mass is 32.1. The topological polar surface area (TPSA) is 83.0 Å². The maximum absolute atomic E-state index is 12.3. The second-order valence-electron chi connectivity index (χ2n) is 7.98. The molecule has 1 aliphatic rings. The molecule has 0 atom stereocenters. The third-order valence-electron chi connectivity index (χ3n) is 5.95. The fourth-order valence-corrected chi connectivity index (χ4v) is 4.59. The Balaban J connectivity index is 1.50. The van der Waals surface area contributed by atoms with E-state index in [9.17, 15) is 9.59 Å². The number of H-pyrrole nitrogens is 1. The van der Waals surface area contributed by atoms with E-state index in [4.69, 9.17) is 12.2 Å². The third kappa shape index (κ3) is 4.28. The maximum atomic E-state index is 12.3. The molecular weight excluding hydrogens is 422 g/mol. The molecule has 0 unspecified atom stereocenters. The van der Waals surface area contributed by atoms with Gasteiger partial charge in [0.1, 0.15) is 10.3 Å². The van der Waals surface area contributed by atoms with E-state index in [1.165, 1.54) is 5.57 Å². The molecule has 3 heterocycles. The van der Waals surface area contributed by atoms with Crippen molar-refractivity contribution in [3.8, 4) is 0 Å². The predicted octanol–water partition coefficient (Wildman–Crippen LogP) is 3.43. The molecule has 32 heavy (non-hydrogen) atoms. The molecule has 8 heteroatoms. The second-order valence-corrected chi connectivity index (χ2v) is 8.37. The average Bonchev–Trinajstić information content (AvgIpc) is 2.79. The van der Waals surface area contributed by atoms with Gasteiger partial charge < -0.3 is 10.3 Å². The summed E-state index contributed by atoms with van der Waals surface area (Å²) < 4.78 is 2.15. The van der Waals surface area contributed by atoms with Gasteiger partial charge in [-0.15, -0.1) is 0 Å². The number of rotatable bonds is 5. The fourth-order valence-electron chi connectivity index (χ4n) is 4.20. The molecule has 7 nitrogen and oxygen atoms in total. The summed E-state index contributed by atoms with van der Waals surface area (Å²) >= 11 is 5.48. The smallest absolute Gasteiger partial charge is 0.326 e. The Bertz CT molecular complexity index is 1340. The van der Waals surface area contributed by atoms with Gasteiger partial charge in [0.25, 0.3) is 5.91 Å². The first kappa shape index (κ1) is 22.1. The lowest BCUT2D eigenvalue weighted by molar-refractivity contribution is 0.0958. The second kappa shape index (κ2) is 9.18. The zero-order chi connectivity index (χ0) is 22.8. The lowest BCUT2D eigenvalue weighted by atomic mass is 9.97. The number of carbonyl (C=O) groups excluding carboxylic acids is 1. The summed E-state index contributed by atoms with van der Waals surface area (Å²) in [6.45, 7) is 6.96. The molecule has 1 aliphatic heterocycles. The van der Waals surface area contributed by atoms with Gasteiger partial charge in [0.2, 0.25) is 0 Å². The Morgan fingerprint density at radius 3 is 2.75 bits per heavy atom. The van der Waals surface area contributed by atoms with Crippen LogP contribution in [0, 0.1) is 11.6 Å². The minimum atomic E-state index is -0.173. The number of hydrogen-bond donors (Lipinski definition) is 2. The number of nitrogens with one attached hydrogen (secondary N) is 2. The number of aromatic nitrogens is 3. The van der Waals surface area contributed by atoms with Gasteiger partial charge in [0.15, 0.2) is 0 Å². The van der Waals surface area contributed by atoms with Crippen molar-refractivity contribution in [2.45, 2.75) is 33.4 Å². The van der Waals surface area contributed by atoms with Crippen LogP contribution < -0.4 is 11.0 Å². The van der Waals surface area contributed by atoms with Crippen molar-refractivity contribution in [1.82, 2.24) is 24.8 Å². The first-order chi connectivity index (χ1) is 15.4. The molecule has 2 N–H and O–H groups in total. The monoisotopic (exact) mass is 449 g/mol. The largest absolute Gasteiger partial charge is 0.354 e. The summed E-state index contributed by atoms with van der Waals surface area (Å²) in [6, 6.07) is 9.88. The van der Waals surface area contributed by atoms with Crippen LogP contribution in [-0.2, 0) is 13.1 Å². The van der Waals surface area contributed by atoms with Crippen LogP contribution in [0.25, 0.3) is 16.5 Å². The van der Waals surface area contributed by atoms with E-state index in [0.29, 0.717) is 16.9 Å². The zero-order valence-electron chi connectivity index (χ0n) is 18.6. The Hall–Kier alpha value is -3.10. The van der Waals surface area contributed by atoms with Crippen LogP contribution in [0.2, 0.25) is 0 Å². The molecule has 1 aromatic carbocycles. The van der Waals surface area contributed by atoms with Crippen molar-refractivity contribution in [2.24, 2.45) is 0 Å². The van der Waals surface area contributed by atoms with E-state index >= 15 is 0 Å². The standard InChI is InChI=1S/C24H27N5O2S/c1-4-29-23(32)19-6-5-16(13-21(19)27-24(29)31)14-28-11-9-17(10-12-28)18-7-8-20(22(30)25-3)26-15(18)2/h5-9,13H,4,10-12,14H2,1-3H3,(H,25,30)(H,27,31). The van der Waals surface area contributed by atoms with Crippen molar-refractivity contribution >= 4 is 34.6 Å². The number of pyridine rings is 1. The molecule has 3 aromatic rings. The Morgan fingerprint density at radius 1 is 1.28 bits per heavy atom. The van der Waals surface area contributed by atoms with Gasteiger partial charge in [0.05, 0.1) is 5.52 Å². The van der Waals surface area contributed by atoms with Gasteiger partial charge in [-0.2, -0.15) is 0 Å². The lowest BCUT2D eigenvalue weighted by Crippen LogP contribution is -2.28. The van der Waals surface area contributed by atoms with Gasteiger partial charge in [-0.1, -0.05) is 30.4 Å². The molecule has 0 spiro atoms. The summed E-state index contributed by atoms with van der Waals surface area (Å²) in [7, 11) is 1.61. The number of fused-ring (bicyclic) bond motifs is 1. The maximum Gasteiger partial charge on any atom is 0.326 e. The third-order valence-corrected chi connectivity index (χ3v) is 6.39. The number of aromatic amines is 1. The van der Waals surface area contributed by atoms with E-state index in [1.54, 1.807) is 17.7 Å². The van der Waals surface area contributed by atoms with Crippen LogP contribution in [0.3, 0.4) is 0 Å². The number of carbonyl (C=O) groups is 1. The highest BCUT2D eigenvalue weighted by Crippen LogP contribution is 2.26. The molecule has 0 bridgehead atoms. The summed E-state index contributed by atoms with van der Waals surface area (Å²) in [6.07, 6.45) is 3.15. The van der Waals surface area contributed by atoms with Crippen LogP contribution >= 0.6 is 12.2 Å². The predicted molar refractivity (Wildman–Crippen MR) is 129 cm³/mol. The molecule has 166 valence electrons. The number of amides is 1. The molecule has 0 saturated carbocycles. The molecule has 1 amide bonds. The van der Waals surface area contributed by atoms with Gasteiger partial charge in [-0.3, -0.25) is 14.3 Å². The number of hydrogen-bond acceptors (Lipinski definition) is 5. The van der Waals surface area contributed by atoms with Gasteiger partial charge in [-0.05, 0) is 55.2 Å². The van der Waals surface area contributed by atoms with Gasteiger partial charge in [-0.25, -0.2) is 9.78 Å². The van der Waals surface area contributed by atoms with Crippen LogP contribution in [-0.4, -0.2) is 45.5 Å². The minimum Gasteiger partial charge on any atom is -0.354 e. The van der Waals surface area contributed by atoms with Crippen LogP contribution in [0.5, 0.6) is 0 Å². The summed E-state index contributed by atoms with van der Waals surface area (Å²) in [5.74, 6) is -0.173. The normalized spacial score (nSPS) is 14.4. The summed E-state index contributed by atoms with van der Waals surface area (Å²) in [5, 5.41) is 3.51. The highest BCUT2D eigenvalue weighted by molar-refractivity contribution is 7.71. The van der Waals surface area contributed by atoms with Crippen molar-refractivity contribution in [1.29, 1.82) is 0 Å². The number of benzene rings is 1. The molecule has 0 fully saturated rings. The molecule has 0 radical (unpaired) electrons. The summed E-state index contributed by atoms with van der Waals surface area (Å²) in [4.78, 5) is 33.8. The first-order valence-electron chi connectivity index (χ1n) is 10.8. The van der Waals surface area contributed by atoms with E-state index in [-0.39, 0.29) is 11.6 Å². The van der Waals surface area contributed by atoms with E-state index in [0.717, 1.165) is 53.8 Å². The highest BCUT2D eigenvalue weighted by Gasteiger charge is 2.17. The zero-order valence-corrected chi connectivity index (χ0v) is 19.4. The minimum absolute atomic E-state index is 0.167. The molecular formula is C24H27N5O2S. The van der Waals surface area contributed by atoms with Crippen molar-refractivity contribution in [2.75, 3.05) is 20.1 Å².